The first-order valence-corrected chi connectivity index (χ1v) is 10.4. The molecule has 6 heteroatoms. The van der Waals surface area contributed by atoms with E-state index in [0.29, 0.717) is 0 Å². The molecule has 0 spiro atoms. The molecule has 0 unspecified atom stereocenters. The second kappa shape index (κ2) is 7.04. The van der Waals surface area contributed by atoms with E-state index in [1.54, 1.807) is 0 Å². The van der Waals surface area contributed by atoms with Crippen LogP contribution in [0.2, 0.25) is 5.02 Å². The number of fused-ring (bicyclic) bond motifs is 1. The summed E-state index contributed by atoms with van der Waals surface area (Å²) >= 11 is 8.23. The first-order chi connectivity index (χ1) is 12.1. The largest absolute Gasteiger partial charge is 0.345 e. The van der Waals surface area contributed by atoms with Gasteiger partial charge in [0.25, 0.3) is 0 Å². The molecule has 0 bridgehead atoms. The number of pyridine rings is 1. The summed E-state index contributed by atoms with van der Waals surface area (Å²) in [6.07, 6.45) is 1.95. The van der Waals surface area contributed by atoms with Crippen LogP contribution in [0.1, 0.15) is 18.4 Å². The molecular weight excluding hydrogens is 354 g/mol. The zero-order valence-electron chi connectivity index (χ0n) is 14.4. The Kier molecular flexibility index (Phi) is 4.78. The molecule has 1 aromatic carbocycles. The molecule has 2 fully saturated rings. The van der Waals surface area contributed by atoms with Gasteiger partial charge in [0.1, 0.15) is 11.9 Å². The predicted octanol–water partition coefficient (Wildman–Crippen LogP) is 3.74. The Bertz CT molecular complexity index is 807. The van der Waals surface area contributed by atoms with Gasteiger partial charge in [-0.15, -0.1) is 0 Å². The van der Waals surface area contributed by atoms with Gasteiger partial charge in [0, 0.05) is 41.5 Å². The van der Waals surface area contributed by atoms with Gasteiger partial charge < -0.3 is 9.80 Å². The Morgan fingerprint density at radius 2 is 2.00 bits per heavy atom. The van der Waals surface area contributed by atoms with Crippen molar-refractivity contribution in [2.24, 2.45) is 0 Å². The maximum atomic E-state index is 13.0. The van der Waals surface area contributed by atoms with Crippen LogP contribution in [0.5, 0.6) is 0 Å². The molecule has 132 valence electrons. The number of carbonyl (C=O) groups is 1. The molecule has 1 amide bonds. The third-order valence-corrected chi connectivity index (χ3v) is 6.42. The molecule has 0 aliphatic carbocycles. The van der Waals surface area contributed by atoms with E-state index in [9.17, 15) is 4.79 Å². The van der Waals surface area contributed by atoms with E-state index < -0.39 is 0 Å². The van der Waals surface area contributed by atoms with Crippen molar-refractivity contribution in [1.29, 1.82) is 0 Å². The van der Waals surface area contributed by atoms with Crippen LogP contribution >= 0.6 is 23.4 Å². The molecule has 1 atom stereocenters. The van der Waals surface area contributed by atoms with Crippen molar-refractivity contribution in [3.63, 3.8) is 0 Å². The van der Waals surface area contributed by atoms with E-state index in [-0.39, 0.29) is 11.9 Å². The summed E-state index contributed by atoms with van der Waals surface area (Å²) in [6, 6.07) is 7.87. The van der Waals surface area contributed by atoms with Crippen LogP contribution in [-0.2, 0) is 4.79 Å². The smallest absolute Gasteiger partial charge is 0.245 e. The second-order valence-electron chi connectivity index (χ2n) is 6.72. The third-order valence-electron chi connectivity index (χ3n) is 5.15. The van der Waals surface area contributed by atoms with Crippen molar-refractivity contribution in [3.05, 3.63) is 34.9 Å². The van der Waals surface area contributed by atoms with E-state index in [2.05, 4.69) is 4.90 Å². The molecule has 0 saturated carbocycles. The molecule has 0 N–H and O–H groups in total. The first kappa shape index (κ1) is 17.0. The zero-order chi connectivity index (χ0) is 17.4. The number of amides is 1. The zero-order valence-corrected chi connectivity index (χ0v) is 15.9. The number of aryl methyl sites for hydroxylation is 1. The lowest BCUT2D eigenvalue weighted by Gasteiger charge is -2.33. The number of aromatic nitrogens is 1. The minimum atomic E-state index is -0.0764. The highest BCUT2D eigenvalue weighted by atomic mass is 35.5. The minimum absolute atomic E-state index is 0.0764. The van der Waals surface area contributed by atoms with Gasteiger partial charge in [-0.1, -0.05) is 17.7 Å². The van der Waals surface area contributed by atoms with Crippen molar-refractivity contribution in [2.75, 3.05) is 36.0 Å². The number of nitrogens with zero attached hydrogens (tertiary/aromatic N) is 3. The van der Waals surface area contributed by atoms with Gasteiger partial charge in [-0.2, -0.15) is 11.8 Å². The maximum absolute atomic E-state index is 13.0. The lowest BCUT2D eigenvalue weighted by atomic mass is 10.1. The minimum Gasteiger partial charge on any atom is -0.345 e. The van der Waals surface area contributed by atoms with Gasteiger partial charge in [0.05, 0.1) is 5.52 Å². The lowest BCUT2D eigenvalue weighted by Crippen LogP contribution is -2.48. The molecular formula is C19H22ClN3OS. The molecule has 2 saturated heterocycles. The molecule has 4 rings (SSSR count). The molecule has 0 radical (unpaired) electrons. The number of anilines is 1. The quantitative estimate of drug-likeness (QED) is 0.801. The number of thioether (sulfide) groups is 1. The first-order valence-electron chi connectivity index (χ1n) is 8.84. The van der Waals surface area contributed by atoms with Crippen LogP contribution in [-0.4, -0.2) is 53.0 Å². The van der Waals surface area contributed by atoms with Crippen LogP contribution in [0.15, 0.2) is 24.3 Å². The summed E-state index contributed by atoms with van der Waals surface area (Å²) in [7, 11) is 0. The summed E-state index contributed by atoms with van der Waals surface area (Å²) in [5.74, 6) is 3.25. The fourth-order valence-corrected chi connectivity index (χ4v) is 4.88. The van der Waals surface area contributed by atoms with Crippen molar-refractivity contribution in [1.82, 2.24) is 9.88 Å². The molecule has 2 aliphatic heterocycles. The van der Waals surface area contributed by atoms with Gasteiger partial charge in [-0.05, 0) is 43.5 Å². The second-order valence-corrected chi connectivity index (χ2v) is 8.35. The van der Waals surface area contributed by atoms with Gasteiger partial charge in [0.15, 0.2) is 0 Å². The normalized spacial score (nSPS) is 21.1. The highest BCUT2D eigenvalue weighted by Gasteiger charge is 2.35. The third kappa shape index (κ3) is 3.20. The van der Waals surface area contributed by atoms with Crippen LogP contribution in [0, 0.1) is 6.92 Å². The standard InChI is InChI=1S/C19H22ClN3OS/c1-13-4-6-15(20)14-5-7-17(21-18(13)14)23-8-2-3-16(23)19(24)22-9-11-25-12-10-22/h4-7,16H,2-3,8-12H2,1H3/t16-/m0/s1. The van der Waals surface area contributed by atoms with Gasteiger partial charge in [-0.25, -0.2) is 4.98 Å². The van der Waals surface area contributed by atoms with Crippen molar-refractivity contribution in [2.45, 2.75) is 25.8 Å². The number of hydrogen-bond acceptors (Lipinski definition) is 4. The number of benzene rings is 1. The average molecular weight is 376 g/mol. The molecule has 25 heavy (non-hydrogen) atoms. The van der Waals surface area contributed by atoms with Crippen LogP contribution in [0.25, 0.3) is 10.9 Å². The van der Waals surface area contributed by atoms with Crippen molar-refractivity contribution < 1.29 is 4.79 Å². The van der Waals surface area contributed by atoms with Gasteiger partial charge in [-0.3, -0.25) is 4.79 Å². The Labute approximate surface area is 157 Å². The fourth-order valence-electron chi connectivity index (χ4n) is 3.76. The lowest BCUT2D eigenvalue weighted by molar-refractivity contribution is -0.132. The summed E-state index contributed by atoms with van der Waals surface area (Å²) in [5.41, 5.74) is 2.04. The summed E-state index contributed by atoms with van der Waals surface area (Å²) < 4.78 is 0. The van der Waals surface area contributed by atoms with E-state index in [0.717, 1.165) is 71.3 Å². The van der Waals surface area contributed by atoms with E-state index in [1.807, 2.05) is 47.9 Å². The average Bonchev–Trinajstić information content (AvgIpc) is 3.14. The van der Waals surface area contributed by atoms with E-state index in [1.165, 1.54) is 0 Å². The Balaban J connectivity index is 1.64. The Morgan fingerprint density at radius 1 is 1.20 bits per heavy atom. The molecule has 4 nitrogen and oxygen atoms in total. The van der Waals surface area contributed by atoms with Crippen LogP contribution in [0.3, 0.4) is 0 Å². The Morgan fingerprint density at radius 3 is 2.80 bits per heavy atom. The SMILES string of the molecule is Cc1ccc(Cl)c2ccc(N3CCC[C@H]3C(=O)N3CCSCC3)nc12. The van der Waals surface area contributed by atoms with E-state index >= 15 is 0 Å². The Hall–Kier alpha value is -1.46. The molecule has 3 heterocycles. The maximum Gasteiger partial charge on any atom is 0.245 e. The number of halogens is 1. The highest BCUT2D eigenvalue weighted by Crippen LogP contribution is 2.31. The predicted molar refractivity (Wildman–Crippen MR) is 106 cm³/mol. The van der Waals surface area contributed by atoms with Crippen LogP contribution < -0.4 is 4.90 Å². The number of hydrogen-bond donors (Lipinski definition) is 0. The van der Waals surface area contributed by atoms with Crippen molar-refractivity contribution >= 4 is 46.0 Å². The van der Waals surface area contributed by atoms with Crippen LogP contribution in [0.4, 0.5) is 5.82 Å². The highest BCUT2D eigenvalue weighted by molar-refractivity contribution is 7.99. The molecule has 1 aromatic heterocycles. The summed E-state index contributed by atoms with van der Waals surface area (Å²) in [5, 5.41) is 1.69. The van der Waals surface area contributed by atoms with Gasteiger partial charge >= 0.3 is 0 Å². The van der Waals surface area contributed by atoms with Crippen molar-refractivity contribution in [3.8, 4) is 0 Å². The summed E-state index contributed by atoms with van der Waals surface area (Å²) in [6.45, 7) is 4.67. The van der Waals surface area contributed by atoms with Gasteiger partial charge in [0.2, 0.25) is 5.91 Å². The number of carbonyl (C=O) groups excluding carboxylic acids is 1. The molecule has 2 aromatic rings. The topological polar surface area (TPSA) is 36.4 Å². The molecule has 2 aliphatic rings. The van der Waals surface area contributed by atoms with E-state index in [4.69, 9.17) is 16.6 Å². The monoisotopic (exact) mass is 375 g/mol. The fraction of sp³-hybridized carbons (Fsp3) is 0.474. The number of rotatable bonds is 2. The summed E-state index contributed by atoms with van der Waals surface area (Å²) in [4.78, 5) is 22.1.